The van der Waals surface area contributed by atoms with Gasteiger partial charge in [-0.3, -0.25) is 4.79 Å². The molecule has 0 saturated carbocycles. The normalized spacial score (nSPS) is 20.0. The fourth-order valence-electron chi connectivity index (χ4n) is 3.18. The number of carbonyl (C=O) groups is 2. The second kappa shape index (κ2) is 7.34. The first kappa shape index (κ1) is 19.4. The maximum Gasteiger partial charge on any atom is 0.408 e. The number of fused-ring (bicyclic) bond motifs is 1. The largest absolute Gasteiger partial charge is 0.444 e. The molecule has 144 valence electrons. The van der Waals surface area contributed by atoms with Gasteiger partial charge in [-0.15, -0.1) is 11.3 Å². The van der Waals surface area contributed by atoms with E-state index >= 15 is 0 Å². The Bertz CT molecular complexity index is 876. The molecule has 5 nitrogen and oxygen atoms in total. The number of amides is 1. The highest BCUT2D eigenvalue weighted by Crippen LogP contribution is 2.42. The first-order valence-electron chi connectivity index (χ1n) is 8.57. The summed E-state index contributed by atoms with van der Waals surface area (Å²) in [5, 5.41) is 2.74. The summed E-state index contributed by atoms with van der Waals surface area (Å²) in [5.41, 5.74) is 1.17. The van der Waals surface area contributed by atoms with Crippen molar-refractivity contribution >= 4 is 23.2 Å². The lowest BCUT2D eigenvalue weighted by molar-refractivity contribution is 0.0495. The number of hydrogen-bond donors (Lipinski definition) is 1. The van der Waals surface area contributed by atoms with Gasteiger partial charge in [0, 0.05) is 12.3 Å². The SMILES string of the molecule is CC(C)(C)OC(=O)N[C@@H]1c2scnc2C(=O)CC[C@H]1c1cccc(F)c1F. The minimum atomic E-state index is -0.973. The fourth-order valence-corrected chi connectivity index (χ4v) is 4.10. The lowest BCUT2D eigenvalue weighted by Gasteiger charge is -2.28. The number of ketones is 1. The monoisotopic (exact) mass is 394 g/mol. The molecular weight excluding hydrogens is 374 g/mol. The molecule has 0 unspecified atom stereocenters. The van der Waals surface area contributed by atoms with Gasteiger partial charge in [0.1, 0.15) is 11.3 Å². The van der Waals surface area contributed by atoms with Crippen molar-refractivity contribution < 1.29 is 23.1 Å². The molecule has 0 aliphatic heterocycles. The van der Waals surface area contributed by atoms with Crippen LogP contribution in [0.4, 0.5) is 13.6 Å². The summed E-state index contributed by atoms with van der Waals surface area (Å²) in [7, 11) is 0. The van der Waals surface area contributed by atoms with Crippen molar-refractivity contribution in [3.8, 4) is 0 Å². The first-order valence-corrected chi connectivity index (χ1v) is 9.45. The highest BCUT2D eigenvalue weighted by atomic mass is 32.1. The molecule has 2 aromatic rings. The van der Waals surface area contributed by atoms with E-state index in [9.17, 15) is 18.4 Å². The van der Waals surface area contributed by atoms with Gasteiger partial charge in [-0.1, -0.05) is 12.1 Å². The zero-order valence-electron chi connectivity index (χ0n) is 15.2. The van der Waals surface area contributed by atoms with Gasteiger partial charge in [0.2, 0.25) is 0 Å². The third kappa shape index (κ3) is 4.16. The fraction of sp³-hybridized carbons (Fsp3) is 0.421. The number of Topliss-reactive ketones (excluding diaryl/α,β-unsaturated/α-hetero) is 1. The van der Waals surface area contributed by atoms with Crippen LogP contribution in [0.2, 0.25) is 0 Å². The van der Waals surface area contributed by atoms with Gasteiger partial charge >= 0.3 is 6.09 Å². The summed E-state index contributed by atoms with van der Waals surface area (Å²) in [5.74, 6) is -2.75. The van der Waals surface area contributed by atoms with E-state index in [1.807, 2.05) is 0 Å². The quantitative estimate of drug-likeness (QED) is 0.747. The van der Waals surface area contributed by atoms with Crippen LogP contribution in [0.5, 0.6) is 0 Å². The second-order valence-corrected chi connectivity index (χ2v) is 8.29. The van der Waals surface area contributed by atoms with Crippen LogP contribution >= 0.6 is 11.3 Å². The molecule has 1 amide bonds. The van der Waals surface area contributed by atoms with Crippen molar-refractivity contribution in [2.75, 3.05) is 0 Å². The summed E-state index contributed by atoms with van der Waals surface area (Å²) in [6.07, 6.45) is -0.310. The molecule has 1 aliphatic rings. The smallest absolute Gasteiger partial charge is 0.408 e. The number of benzene rings is 1. The average Bonchev–Trinajstić information content (AvgIpc) is 3.00. The molecule has 1 aromatic heterocycles. The van der Waals surface area contributed by atoms with Gasteiger partial charge in [-0.05, 0) is 38.8 Å². The maximum atomic E-state index is 14.5. The van der Waals surface area contributed by atoms with Crippen molar-refractivity contribution in [3.63, 3.8) is 0 Å². The van der Waals surface area contributed by atoms with Crippen LogP contribution in [0, 0.1) is 11.6 Å². The van der Waals surface area contributed by atoms with Gasteiger partial charge in [-0.25, -0.2) is 18.6 Å². The minimum Gasteiger partial charge on any atom is -0.444 e. The summed E-state index contributed by atoms with van der Waals surface area (Å²) in [4.78, 5) is 29.4. The number of ether oxygens (including phenoxy) is 1. The molecule has 1 aromatic carbocycles. The number of alkyl carbamates (subject to hydrolysis) is 1. The summed E-state index contributed by atoms with van der Waals surface area (Å²) < 4.78 is 33.6. The molecule has 3 rings (SSSR count). The van der Waals surface area contributed by atoms with Gasteiger partial charge in [0.05, 0.1) is 16.4 Å². The first-order chi connectivity index (χ1) is 12.7. The Morgan fingerprint density at radius 3 is 2.78 bits per heavy atom. The standard InChI is InChI=1S/C19H20F2N2O3S/c1-19(2,3)26-18(25)23-15-11(10-5-4-6-12(20)14(10)21)7-8-13(24)16-17(15)27-9-22-16/h4-6,9,11,15H,7-8H2,1-3H3,(H,23,25)/t11-,15-/m0/s1. The van der Waals surface area contributed by atoms with Crippen LogP contribution < -0.4 is 5.32 Å². The Labute approximate surface area is 159 Å². The van der Waals surface area contributed by atoms with E-state index in [4.69, 9.17) is 4.74 Å². The van der Waals surface area contributed by atoms with Crippen molar-refractivity contribution in [1.82, 2.24) is 10.3 Å². The van der Waals surface area contributed by atoms with Gasteiger partial charge in [-0.2, -0.15) is 0 Å². The number of aromatic nitrogens is 1. The number of nitrogens with zero attached hydrogens (tertiary/aromatic N) is 1. The molecule has 27 heavy (non-hydrogen) atoms. The number of rotatable bonds is 2. The minimum absolute atomic E-state index is 0.116. The number of carbonyl (C=O) groups excluding carboxylic acids is 2. The molecule has 0 bridgehead atoms. The molecular formula is C19H20F2N2O3S. The second-order valence-electron chi connectivity index (χ2n) is 7.40. The molecule has 0 spiro atoms. The van der Waals surface area contributed by atoms with Crippen LogP contribution in [0.15, 0.2) is 23.7 Å². The van der Waals surface area contributed by atoms with Crippen LogP contribution in [0.25, 0.3) is 0 Å². The summed E-state index contributed by atoms with van der Waals surface area (Å²) in [6.45, 7) is 5.18. The maximum absolute atomic E-state index is 14.5. The van der Waals surface area contributed by atoms with Crippen molar-refractivity contribution in [2.24, 2.45) is 0 Å². The van der Waals surface area contributed by atoms with Crippen LogP contribution in [0.1, 0.15) is 66.5 Å². The molecule has 1 aliphatic carbocycles. The number of halogens is 2. The third-order valence-corrected chi connectivity index (χ3v) is 5.19. The number of thiazole rings is 1. The van der Waals surface area contributed by atoms with Gasteiger partial charge in [0.25, 0.3) is 0 Å². The van der Waals surface area contributed by atoms with Crippen molar-refractivity contribution in [3.05, 3.63) is 51.5 Å². The highest BCUT2D eigenvalue weighted by Gasteiger charge is 2.37. The zero-order chi connectivity index (χ0) is 19.8. The van der Waals surface area contributed by atoms with Crippen LogP contribution in [-0.4, -0.2) is 22.5 Å². The Kier molecular flexibility index (Phi) is 5.28. The number of nitrogens with one attached hydrogen (secondary N) is 1. The topological polar surface area (TPSA) is 68.3 Å². The van der Waals surface area contributed by atoms with Crippen molar-refractivity contribution in [2.45, 2.75) is 51.2 Å². The third-order valence-electron chi connectivity index (χ3n) is 4.28. The summed E-state index contributed by atoms with van der Waals surface area (Å²) in [6, 6.07) is 3.18. The van der Waals surface area contributed by atoms with E-state index < -0.39 is 35.3 Å². The van der Waals surface area contributed by atoms with E-state index in [0.29, 0.717) is 4.88 Å². The van der Waals surface area contributed by atoms with Gasteiger partial charge in [0.15, 0.2) is 17.4 Å². The Hall–Kier alpha value is -2.35. The van der Waals surface area contributed by atoms with Gasteiger partial charge < -0.3 is 10.1 Å². The average molecular weight is 394 g/mol. The predicted octanol–water partition coefficient (Wildman–Crippen LogP) is 4.75. The van der Waals surface area contributed by atoms with E-state index in [1.165, 1.54) is 29.0 Å². The predicted molar refractivity (Wildman–Crippen MR) is 96.9 cm³/mol. The lowest BCUT2D eigenvalue weighted by Crippen LogP contribution is -2.37. The molecule has 2 atom stereocenters. The lowest BCUT2D eigenvalue weighted by atomic mass is 9.87. The molecule has 0 radical (unpaired) electrons. The molecule has 8 heteroatoms. The number of hydrogen-bond acceptors (Lipinski definition) is 5. The Morgan fingerprint density at radius 1 is 1.33 bits per heavy atom. The molecule has 0 saturated heterocycles. The van der Waals surface area contributed by atoms with Crippen LogP contribution in [-0.2, 0) is 4.74 Å². The van der Waals surface area contributed by atoms with E-state index in [-0.39, 0.29) is 29.9 Å². The molecule has 1 heterocycles. The zero-order valence-corrected chi connectivity index (χ0v) is 16.0. The van der Waals surface area contributed by atoms with E-state index in [2.05, 4.69) is 10.3 Å². The van der Waals surface area contributed by atoms with E-state index in [0.717, 1.165) is 6.07 Å². The Balaban J connectivity index is 2.03. The van der Waals surface area contributed by atoms with Crippen molar-refractivity contribution in [1.29, 1.82) is 0 Å². The summed E-state index contributed by atoms with van der Waals surface area (Å²) >= 11 is 1.20. The van der Waals surface area contributed by atoms with Crippen LogP contribution in [0.3, 0.4) is 0 Å². The van der Waals surface area contributed by atoms with E-state index in [1.54, 1.807) is 20.8 Å². The molecule has 1 N–H and O–H groups in total. The molecule has 0 fully saturated rings. The Morgan fingerprint density at radius 2 is 2.07 bits per heavy atom. The highest BCUT2D eigenvalue weighted by molar-refractivity contribution is 7.10.